The van der Waals surface area contributed by atoms with Gasteiger partial charge in [-0.2, -0.15) is 0 Å². The summed E-state index contributed by atoms with van der Waals surface area (Å²) in [6.45, 7) is 0. The average molecular weight is 419 g/mol. The van der Waals surface area contributed by atoms with Crippen molar-refractivity contribution < 1.29 is 9.18 Å². The minimum absolute atomic E-state index is 0.0252. The highest BCUT2D eigenvalue weighted by Crippen LogP contribution is 2.44. The first-order valence-corrected chi connectivity index (χ1v) is 10.4. The van der Waals surface area contributed by atoms with E-state index in [1.807, 2.05) is 48.5 Å². The maximum Gasteiger partial charge on any atom is 0.163 e. The van der Waals surface area contributed by atoms with Gasteiger partial charge in [-0.15, -0.1) is 0 Å². The fraction of sp³-hybridized carbons (Fsp3) is 0.160. The maximum absolute atomic E-state index is 14.7. The molecule has 150 valence electrons. The second kappa shape index (κ2) is 7.62. The lowest BCUT2D eigenvalue weighted by Crippen LogP contribution is -2.27. The third kappa shape index (κ3) is 3.37. The average Bonchev–Trinajstić information content (AvgIpc) is 2.91. The fourth-order valence-electron chi connectivity index (χ4n) is 4.41. The lowest BCUT2D eigenvalue weighted by Gasteiger charge is -2.30. The van der Waals surface area contributed by atoms with Crippen LogP contribution in [0.1, 0.15) is 35.9 Å². The molecule has 3 aromatic carbocycles. The van der Waals surface area contributed by atoms with Crippen LogP contribution < -0.4 is 10.6 Å². The lowest BCUT2D eigenvalue weighted by atomic mass is 9.78. The monoisotopic (exact) mass is 418 g/mol. The van der Waals surface area contributed by atoms with E-state index in [2.05, 4.69) is 10.6 Å². The highest BCUT2D eigenvalue weighted by Gasteiger charge is 2.36. The number of nitrogens with one attached hydrogen (secondary N) is 2. The van der Waals surface area contributed by atoms with Crippen molar-refractivity contribution in [2.75, 3.05) is 10.6 Å². The van der Waals surface area contributed by atoms with Gasteiger partial charge < -0.3 is 10.6 Å². The van der Waals surface area contributed by atoms with Crippen LogP contribution in [-0.4, -0.2) is 5.78 Å². The largest absolute Gasteiger partial charge is 0.372 e. The molecule has 1 aliphatic carbocycles. The van der Waals surface area contributed by atoms with Gasteiger partial charge in [0.1, 0.15) is 5.82 Å². The topological polar surface area (TPSA) is 41.1 Å². The number of carbonyl (C=O) groups excluding carboxylic acids is 1. The number of para-hydroxylation sites is 2. The van der Waals surface area contributed by atoms with Crippen molar-refractivity contribution >= 4 is 28.8 Å². The number of ketones is 1. The van der Waals surface area contributed by atoms with Crippen molar-refractivity contribution in [2.24, 2.45) is 0 Å². The van der Waals surface area contributed by atoms with Crippen LogP contribution in [0.15, 0.2) is 84.1 Å². The summed E-state index contributed by atoms with van der Waals surface area (Å²) >= 11 is 6.04. The number of allylic oxidation sites excluding steroid dienone is 1. The summed E-state index contributed by atoms with van der Waals surface area (Å²) < 4.78 is 14.7. The van der Waals surface area contributed by atoms with Gasteiger partial charge in [-0.1, -0.05) is 54.1 Å². The molecule has 0 aromatic heterocycles. The number of fused-ring (bicyclic) bond motifs is 1. The van der Waals surface area contributed by atoms with Crippen molar-refractivity contribution in [3.8, 4) is 0 Å². The molecule has 0 fully saturated rings. The van der Waals surface area contributed by atoms with E-state index >= 15 is 0 Å². The zero-order valence-electron chi connectivity index (χ0n) is 16.2. The SMILES string of the molecule is O=C1C[C@@H](c2ccc(Cl)cc2)CC2=C1[C@@H](c1ccccc1F)Nc1ccccc1N2. The first-order chi connectivity index (χ1) is 14.6. The molecule has 0 spiro atoms. The highest BCUT2D eigenvalue weighted by atomic mass is 35.5. The molecular formula is C25H20ClFN2O. The van der Waals surface area contributed by atoms with Crippen LogP contribution in [0.5, 0.6) is 0 Å². The predicted octanol–water partition coefficient (Wildman–Crippen LogP) is 6.46. The zero-order chi connectivity index (χ0) is 20.7. The fourth-order valence-corrected chi connectivity index (χ4v) is 4.53. The lowest BCUT2D eigenvalue weighted by molar-refractivity contribution is -0.116. The van der Waals surface area contributed by atoms with Gasteiger partial charge in [-0.3, -0.25) is 4.79 Å². The Kier molecular flexibility index (Phi) is 4.80. The molecule has 3 aromatic rings. The summed E-state index contributed by atoms with van der Waals surface area (Å²) in [4.78, 5) is 13.4. The Labute approximate surface area is 179 Å². The summed E-state index contributed by atoms with van der Waals surface area (Å²) in [5.74, 6) is -0.251. The Balaban J connectivity index is 1.62. The molecule has 0 amide bonds. The second-order valence-electron chi connectivity index (χ2n) is 7.74. The van der Waals surface area contributed by atoms with Gasteiger partial charge in [-0.05, 0) is 48.2 Å². The van der Waals surface area contributed by atoms with E-state index in [-0.39, 0.29) is 17.5 Å². The first kappa shape index (κ1) is 18.9. The minimum Gasteiger partial charge on any atom is -0.372 e. The van der Waals surface area contributed by atoms with Crippen LogP contribution in [0.2, 0.25) is 5.02 Å². The molecule has 1 heterocycles. The van der Waals surface area contributed by atoms with E-state index < -0.39 is 6.04 Å². The predicted molar refractivity (Wildman–Crippen MR) is 118 cm³/mol. The van der Waals surface area contributed by atoms with Crippen molar-refractivity contribution in [3.63, 3.8) is 0 Å². The van der Waals surface area contributed by atoms with E-state index in [4.69, 9.17) is 11.6 Å². The molecule has 2 atom stereocenters. The molecule has 5 rings (SSSR count). The van der Waals surface area contributed by atoms with Crippen molar-refractivity contribution in [1.29, 1.82) is 0 Å². The normalized spacial score (nSPS) is 20.5. The number of benzene rings is 3. The van der Waals surface area contributed by atoms with Crippen LogP contribution >= 0.6 is 11.6 Å². The zero-order valence-corrected chi connectivity index (χ0v) is 16.9. The molecule has 0 bridgehead atoms. The van der Waals surface area contributed by atoms with Crippen LogP contribution in [0.3, 0.4) is 0 Å². The van der Waals surface area contributed by atoms with E-state index in [1.54, 1.807) is 18.2 Å². The van der Waals surface area contributed by atoms with E-state index in [0.29, 0.717) is 29.0 Å². The molecule has 30 heavy (non-hydrogen) atoms. The van der Waals surface area contributed by atoms with Gasteiger partial charge in [0.15, 0.2) is 5.78 Å². The molecule has 0 radical (unpaired) electrons. The molecule has 2 aliphatic rings. The number of carbonyl (C=O) groups is 1. The molecule has 5 heteroatoms. The minimum atomic E-state index is -0.545. The smallest absolute Gasteiger partial charge is 0.163 e. The summed E-state index contributed by atoms with van der Waals surface area (Å²) in [5, 5.41) is 7.55. The number of hydrogen-bond donors (Lipinski definition) is 2. The third-order valence-electron chi connectivity index (χ3n) is 5.87. The molecule has 1 aliphatic heterocycles. The number of Topliss-reactive ketones (excluding diaryl/α,β-unsaturated/α-hetero) is 1. The first-order valence-electron chi connectivity index (χ1n) is 9.99. The summed E-state index contributed by atoms with van der Waals surface area (Å²) in [6, 6.07) is 21.5. The quantitative estimate of drug-likeness (QED) is 0.501. The van der Waals surface area contributed by atoms with Crippen molar-refractivity contribution in [3.05, 3.63) is 106 Å². The molecule has 0 saturated carbocycles. The van der Waals surface area contributed by atoms with Crippen LogP contribution in [-0.2, 0) is 4.79 Å². The van der Waals surface area contributed by atoms with Crippen LogP contribution in [0, 0.1) is 5.82 Å². The Hall–Kier alpha value is -3.11. The maximum atomic E-state index is 14.7. The molecule has 2 N–H and O–H groups in total. The molecule has 0 unspecified atom stereocenters. The number of anilines is 2. The van der Waals surface area contributed by atoms with E-state index in [1.165, 1.54) is 6.07 Å². The summed E-state index contributed by atoms with van der Waals surface area (Å²) in [7, 11) is 0. The van der Waals surface area contributed by atoms with Gasteiger partial charge in [0.25, 0.3) is 0 Å². The van der Waals surface area contributed by atoms with Gasteiger partial charge in [0.05, 0.1) is 17.4 Å². The number of rotatable bonds is 2. The van der Waals surface area contributed by atoms with Gasteiger partial charge >= 0.3 is 0 Å². The van der Waals surface area contributed by atoms with Crippen LogP contribution in [0.25, 0.3) is 0 Å². The van der Waals surface area contributed by atoms with Crippen molar-refractivity contribution in [1.82, 2.24) is 0 Å². The second-order valence-corrected chi connectivity index (χ2v) is 8.18. The summed E-state index contributed by atoms with van der Waals surface area (Å²) in [5.41, 5.74) is 4.73. The standard InChI is InChI=1S/C25H20ClFN2O/c26-17-11-9-15(10-12-17)16-13-22-24(23(30)14-16)25(18-5-1-2-6-19(18)27)29-21-8-4-3-7-20(21)28-22/h1-12,16,25,28-29H,13-14H2/t16-,25+/m0/s1. The van der Waals surface area contributed by atoms with E-state index in [9.17, 15) is 9.18 Å². The van der Waals surface area contributed by atoms with E-state index in [0.717, 1.165) is 22.6 Å². The number of hydrogen-bond acceptors (Lipinski definition) is 3. The van der Waals surface area contributed by atoms with Gasteiger partial charge in [0.2, 0.25) is 0 Å². The Morgan fingerprint density at radius 3 is 2.33 bits per heavy atom. The van der Waals surface area contributed by atoms with Crippen molar-refractivity contribution in [2.45, 2.75) is 24.8 Å². The van der Waals surface area contributed by atoms with Gasteiger partial charge in [-0.25, -0.2) is 4.39 Å². The Bertz CT molecular complexity index is 1160. The van der Waals surface area contributed by atoms with Gasteiger partial charge in [0, 0.05) is 28.3 Å². The third-order valence-corrected chi connectivity index (χ3v) is 6.12. The van der Waals surface area contributed by atoms with Crippen LogP contribution in [0.4, 0.5) is 15.8 Å². The number of halogens is 2. The molecule has 0 saturated heterocycles. The molecular weight excluding hydrogens is 399 g/mol. The highest BCUT2D eigenvalue weighted by molar-refractivity contribution is 6.30. The summed E-state index contributed by atoms with van der Waals surface area (Å²) in [6.07, 6.45) is 1.05. The Morgan fingerprint density at radius 1 is 0.867 bits per heavy atom. The molecule has 3 nitrogen and oxygen atoms in total. The Morgan fingerprint density at radius 2 is 1.57 bits per heavy atom.